The molecule has 0 atom stereocenters. The summed E-state index contributed by atoms with van der Waals surface area (Å²) in [5.74, 6) is 0. The summed E-state index contributed by atoms with van der Waals surface area (Å²) in [5.41, 5.74) is 0.148. The highest BCUT2D eigenvalue weighted by Gasteiger charge is 2.32. The lowest BCUT2D eigenvalue weighted by Gasteiger charge is -2.22. The maximum atomic E-state index is 13.1. The van der Waals surface area contributed by atoms with Crippen molar-refractivity contribution >= 4 is 0 Å². The zero-order valence-electron chi connectivity index (χ0n) is 12.6. The van der Waals surface area contributed by atoms with E-state index in [-0.39, 0.29) is 0 Å². The summed E-state index contributed by atoms with van der Waals surface area (Å²) in [4.78, 5) is 12.3. The van der Waals surface area contributed by atoms with Crippen molar-refractivity contribution in [2.45, 2.75) is 12.2 Å². The zero-order valence-corrected chi connectivity index (χ0v) is 12.6. The fraction of sp³-hybridized carbons (Fsp3) is 0.105. The summed E-state index contributed by atoms with van der Waals surface area (Å²) in [6, 6.07) is 19.2. The van der Waals surface area contributed by atoms with Crippen LogP contribution in [0.25, 0.3) is 0 Å². The Bertz CT molecular complexity index is 831. The minimum Gasteiger partial charge on any atom is -0.303 e. The molecule has 2 aromatic carbocycles. The van der Waals surface area contributed by atoms with Crippen molar-refractivity contribution in [3.63, 3.8) is 0 Å². The predicted molar refractivity (Wildman–Crippen MR) is 85.8 cm³/mol. The Kier molecular flexibility index (Phi) is 4.25. The number of benzene rings is 2. The van der Waals surface area contributed by atoms with Gasteiger partial charge in [0, 0.05) is 12.3 Å². The van der Waals surface area contributed by atoms with Crippen molar-refractivity contribution in [1.82, 2.24) is 4.57 Å². The Morgan fingerprint density at radius 1 is 0.750 bits per heavy atom. The SMILES string of the molecule is O=c1ccc(C(F)(F)F)cn1C(c1ccccc1)c1ccccc1. The molecule has 0 aliphatic carbocycles. The zero-order chi connectivity index (χ0) is 17.2. The van der Waals surface area contributed by atoms with Gasteiger partial charge in [0.15, 0.2) is 0 Å². The van der Waals surface area contributed by atoms with Crippen LogP contribution < -0.4 is 5.56 Å². The molecule has 0 aliphatic heterocycles. The van der Waals surface area contributed by atoms with Gasteiger partial charge in [-0.2, -0.15) is 13.2 Å². The van der Waals surface area contributed by atoms with Crippen LogP contribution in [-0.4, -0.2) is 4.57 Å². The second kappa shape index (κ2) is 6.35. The average molecular weight is 329 g/mol. The molecule has 0 unspecified atom stereocenters. The monoisotopic (exact) mass is 329 g/mol. The van der Waals surface area contributed by atoms with Gasteiger partial charge in [-0.25, -0.2) is 0 Å². The van der Waals surface area contributed by atoms with Gasteiger partial charge in [0.05, 0.1) is 11.6 Å². The van der Waals surface area contributed by atoms with Crippen LogP contribution in [0.1, 0.15) is 22.7 Å². The number of hydrogen-bond donors (Lipinski definition) is 0. The van der Waals surface area contributed by atoms with E-state index >= 15 is 0 Å². The van der Waals surface area contributed by atoms with Crippen molar-refractivity contribution in [1.29, 1.82) is 0 Å². The fourth-order valence-corrected chi connectivity index (χ4v) is 2.66. The lowest BCUT2D eigenvalue weighted by atomic mass is 9.98. The Morgan fingerprint density at radius 3 is 1.71 bits per heavy atom. The van der Waals surface area contributed by atoms with Gasteiger partial charge in [-0.3, -0.25) is 4.79 Å². The lowest BCUT2D eigenvalue weighted by Crippen LogP contribution is -2.27. The average Bonchev–Trinajstić information content (AvgIpc) is 2.58. The Morgan fingerprint density at radius 2 is 1.25 bits per heavy atom. The lowest BCUT2D eigenvalue weighted by molar-refractivity contribution is -0.138. The minimum atomic E-state index is -4.51. The second-order valence-electron chi connectivity index (χ2n) is 5.38. The van der Waals surface area contributed by atoms with Gasteiger partial charge in [-0.15, -0.1) is 0 Å². The number of alkyl halides is 3. The molecule has 0 fully saturated rings. The molecule has 0 spiro atoms. The molecular weight excluding hydrogens is 315 g/mol. The molecule has 5 heteroatoms. The molecule has 0 aliphatic rings. The fourth-order valence-electron chi connectivity index (χ4n) is 2.66. The van der Waals surface area contributed by atoms with E-state index in [2.05, 4.69) is 0 Å². The van der Waals surface area contributed by atoms with Crippen LogP contribution in [0.2, 0.25) is 0 Å². The number of rotatable bonds is 3. The molecule has 0 radical (unpaired) electrons. The third-order valence-electron chi connectivity index (χ3n) is 3.77. The van der Waals surface area contributed by atoms with E-state index in [9.17, 15) is 18.0 Å². The normalized spacial score (nSPS) is 11.7. The number of pyridine rings is 1. The molecule has 0 saturated carbocycles. The van der Waals surface area contributed by atoms with E-state index in [4.69, 9.17) is 0 Å². The largest absolute Gasteiger partial charge is 0.417 e. The number of aromatic nitrogens is 1. The van der Waals surface area contributed by atoms with Gasteiger partial charge in [0.25, 0.3) is 5.56 Å². The second-order valence-corrected chi connectivity index (χ2v) is 5.38. The van der Waals surface area contributed by atoms with Crippen LogP contribution >= 0.6 is 0 Å². The van der Waals surface area contributed by atoms with Gasteiger partial charge in [0.2, 0.25) is 0 Å². The minimum absolute atomic E-state index is 0.485. The highest BCUT2D eigenvalue weighted by atomic mass is 19.4. The van der Waals surface area contributed by atoms with Gasteiger partial charge >= 0.3 is 6.18 Å². The summed E-state index contributed by atoms with van der Waals surface area (Å²) in [5, 5.41) is 0. The van der Waals surface area contributed by atoms with Crippen LogP contribution in [0.3, 0.4) is 0 Å². The number of halogens is 3. The van der Waals surface area contributed by atoms with E-state index in [1.165, 1.54) is 0 Å². The molecule has 122 valence electrons. The Labute approximate surface area is 136 Å². The maximum Gasteiger partial charge on any atom is 0.417 e. The quantitative estimate of drug-likeness (QED) is 0.693. The first-order chi connectivity index (χ1) is 11.5. The molecule has 0 saturated heterocycles. The van der Waals surface area contributed by atoms with Crippen LogP contribution in [0, 0.1) is 0 Å². The first-order valence-corrected chi connectivity index (χ1v) is 7.36. The molecule has 0 N–H and O–H groups in total. The molecular formula is C19H14F3NO. The van der Waals surface area contributed by atoms with Gasteiger partial charge in [-0.1, -0.05) is 60.7 Å². The number of hydrogen-bond acceptors (Lipinski definition) is 1. The smallest absolute Gasteiger partial charge is 0.303 e. The first kappa shape index (κ1) is 16.1. The van der Waals surface area contributed by atoms with Gasteiger partial charge < -0.3 is 4.57 Å². The van der Waals surface area contributed by atoms with E-state index in [0.29, 0.717) is 0 Å². The highest BCUT2D eigenvalue weighted by Crippen LogP contribution is 2.31. The van der Waals surface area contributed by atoms with Gasteiger partial charge in [0.1, 0.15) is 0 Å². The molecule has 2 nitrogen and oxygen atoms in total. The summed E-state index contributed by atoms with van der Waals surface area (Å²) in [6.45, 7) is 0. The molecule has 24 heavy (non-hydrogen) atoms. The number of nitrogens with zero attached hydrogens (tertiary/aromatic N) is 1. The van der Waals surface area contributed by atoms with Crippen molar-refractivity contribution < 1.29 is 13.2 Å². The summed E-state index contributed by atoms with van der Waals surface area (Å²) in [7, 11) is 0. The summed E-state index contributed by atoms with van der Waals surface area (Å²) in [6.07, 6.45) is -3.62. The Hall–Kier alpha value is -2.82. The van der Waals surface area contributed by atoms with Crippen molar-refractivity contribution in [3.05, 3.63) is 106 Å². The molecule has 1 aromatic heterocycles. The van der Waals surface area contributed by atoms with Crippen LogP contribution in [0.15, 0.2) is 83.8 Å². The molecule has 3 aromatic rings. The molecule has 3 rings (SSSR count). The Balaban J connectivity index is 2.22. The van der Waals surface area contributed by atoms with E-state index in [1.54, 1.807) is 48.5 Å². The molecule has 0 bridgehead atoms. The van der Waals surface area contributed by atoms with Gasteiger partial charge in [-0.05, 0) is 17.2 Å². The highest BCUT2D eigenvalue weighted by molar-refractivity contribution is 5.33. The third kappa shape index (κ3) is 3.25. The standard InChI is InChI=1S/C19H14F3NO/c20-19(21,22)16-11-12-17(24)23(13-16)18(14-7-3-1-4-8-14)15-9-5-2-6-10-15/h1-13,18H. The van der Waals surface area contributed by atoms with Crippen LogP contribution in [0.5, 0.6) is 0 Å². The van der Waals surface area contributed by atoms with Crippen LogP contribution in [0.4, 0.5) is 13.2 Å². The van der Waals surface area contributed by atoms with Crippen molar-refractivity contribution in [3.8, 4) is 0 Å². The molecule has 0 amide bonds. The van der Waals surface area contributed by atoms with E-state index < -0.39 is 23.3 Å². The topological polar surface area (TPSA) is 22.0 Å². The first-order valence-electron chi connectivity index (χ1n) is 7.36. The van der Waals surface area contributed by atoms with Crippen molar-refractivity contribution in [2.75, 3.05) is 0 Å². The maximum absolute atomic E-state index is 13.1. The summed E-state index contributed by atoms with van der Waals surface area (Å²) >= 11 is 0. The summed E-state index contributed by atoms with van der Waals surface area (Å²) < 4.78 is 40.3. The predicted octanol–water partition coefficient (Wildman–Crippen LogP) is 4.50. The molecule has 1 heterocycles. The van der Waals surface area contributed by atoms with Crippen LogP contribution in [-0.2, 0) is 6.18 Å². The van der Waals surface area contributed by atoms with Crippen molar-refractivity contribution in [2.24, 2.45) is 0 Å². The van der Waals surface area contributed by atoms with E-state index in [1.807, 2.05) is 12.1 Å². The van der Waals surface area contributed by atoms with E-state index in [0.717, 1.165) is 34.0 Å². The third-order valence-corrected chi connectivity index (χ3v) is 3.77.